The van der Waals surface area contributed by atoms with Crippen LogP contribution in [0.25, 0.3) is 0 Å². The highest BCUT2D eigenvalue weighted by Gasteiger charge is 2.14. The van der Waals surface area contributed by atoms with E-state index in [0.29, 0.717) is 5.75 Å². The van der Waals surface area contributed by atoms with Crippen LogP contribution in [0.1, 0.15) is 16.1 Å². The number of thiazole rings is 1. The summed E-state index contributed by atoms with van der Waals surface area (Å²) in [4.78, 5) is 26.5. The number of halogens is 1. The lowest BCUT2D eigenvalue weighted by atomic mass is 10.2. The van der Waals surface area contributed by atoms with Crippen molar-refractivity contribution in [2.24, 2.45) is 0 Å². The Kier molecular flexibility index (Phi) is 5.18. The fourth-order valence-electron chi connectivity index (χ4n) is 2.11. The number of carbonyl (C=O) groups is 1. The Labute approximate surface area is 151 Å². The van der Waals surface area contributed by atoms with Gasteiger partial charge in [-0.25, -0.2) is 9.37 Å². The molecule has 3 aromatic rings. The number of non-ortho nitro benzene ring substituents is 1. The third-order valence-electron chi connectivity index (χ3n) is 3.38. The zero-order valence-electron chi connectivity index (χ0n) is 13.2. The molecule has 0 aliphatic heterocycles. The van der Waals surface area contributed by atoms with Crippen molar-refractivity contribution in [1.82, 2.24) is 4.98 Å². The van der Waals surface area contributed by atoms with Crippen LogP contribution in [0.2, 0.25) is 0 Å². The Morgan fingerprint density at radius 2 is 2.15 bits per heavy atom. The second-order valence-electron chi connectivity index (χ2n) is 5.17. The molecule has 2 aromatic carbocycles. The van der Waals surface area contributed by atoms with E-state index < -0.39 is 16.6 Å². The van der Waals surface area contributed by atoms with Crippen molar-refractivity contribution in [2.75, 3.05) is 5.32 Å². The third kappa shape index (κ3) is 4.19. The Morgan fingerprint density at radius 3 is 2.88 bits per heavy atom. The molecule has 26 heavy (non-hydrogen) atoms. The van der Waals surface area contributed by atoms with E-state index in [2.05, 4.69) is 10.3 Å². The van der Waals surface area contributed by atoms with Crippen molar-refractivity contribution >= 4 is 28.6 Å². The van der Waals surface area contributed by atoms with Gasteiger partial charge in [-0.05, 0) is 24.3 Å². The number of nitro benzene ring substituents is 1. The monoisotopic (exact) mass is 373 g/mol. The molecule has 9 heteroatoms. The highest BCUT2D eigenvalue weighted by atomic mass is 32.1. The minimum atomic E-state index is -0.764. The number of benzene rings is 2. The summed E-state index contributed by atoms with van der Waals surface area (Å²) >= 11 is 1.45. The predicted octanol–water partition coefficient (Wildman–Crippen LogP) is 4.02. The molecule has 0 spiro atoms. The molecule has 132 valence electrons. The van der Waals surface area contributed by atoms with Gasteiger partial charge in [0.2, 0.25) is 0 Å². The molecule has 0 fully saturated rings. The summed E-state index contributed by atoms with van der Waals surface area (Å²) in [5.41, 5.74) is 2.10. The number of amides is 1. The van der Waals surface area contributed by atoms with E-state index in [1.54, 1.807) is 17.6 Å². The first kappa shape index (κ1) is 17.5. The van der Waals surface area contributed by atoms with Gasteiger partial charge in [0.05, 0.1) is 21.8 Å². The van der Waals surface area contributed by atoms with Gasteiger partial charge in [0.25, 0.3) is 11.6 Å². The number of nitrogens with zero attached hydrogens (tertiary/aromatic N) is 2. The first-order valence-electron chi connectivity index (χ1n) is 7.38. The Bertz CT molecular complexity index is 947. The van der Waals surface area contributed by atoms with Crippen LogP contribution in [0.5, 0.6) is 5.75 Å². The lowest BCUT2D eigenvalue weighted by Crippen LogP contribution is -2.13. The van der Waals surface area contributed by atoms with Crippen LogP contribution in [-0.2, 0) is 6.61 Å². The van der Waals surface area contributed by atoms with Crippen molar-refractivity contribution in [1.29, 1.82) is 0 Å². The first-order valence-corrected chi connectivity index (χ1v) is 8.32. The summed E-state index contributed by atoms with van der Waals surface area (Å²) in [6, 6.07) is 9.25. The van der Waals surface area contributed by atoms with E-state index in [1.165, 1.54) is 23.5 Å². The van der Waals surface area contributed by atoms with E-state index in [9.17, 15) is 19.3 Å². The molecule has 0 aliphatic rings. The summed E-state index contributed by atoms with van der Waals surface area (Å²) < 4.78 is 19.4. The molecule has 0 unspecified atom stereocenters. The van der Waals surface area contributed by atoms with E-state index in [-0.39, 0.29) is 23.5 Å². The average molecular weight is 373 g/mol. The molecule has 7 nitrogen and oxygen atoms in total. The quantitative estimate of drug-likeness (QED) is 0.520. The number of hydrogen-bond acceptors (Lipinski definition) is 6. The van der Waals surface area contributed by atoms with Crippen LogP contribution >= 0.6 is 11.3 Å². The molecule has 1 aromatic heterocycles. The van der Waals surface area contributed by atoms with Crippen LogP contribution in [0.3, 0.4) is 0 Å². The van der Waals surface area contributed by atoms with E-state index in [4.69, 9.17) is 4.74 Å². The van der Waals surface area contributed by atoms with Crippen molar-refractivity contribution in [2.45, 2.75) is 6.61 Å². The molecule has 0 saturated heterocycles. The standard InChI is InChI=1S/C17H12FN3O4S/c18-15-5-4-13(21(23)24)7-16(15)20-17(22)11-2-1-3-14(6-11)25-8-12-9-26-10-19-12/h1-7,9-10H,8H2,(H,20,22). The molecule has 1 amide bonds. The van der Waals surface area contributed by atoms with Gasteiger partial charge in [0.15, 0.2) is 0 Å². The highest BCUT2D eigenvalue weighted by molar-refractivity contribution is 7.07. The number of nitrogens with one attached hydrogen (secondary N) is 1. The van der Waals surface area contributed by atoms with E-state index >= 15 is 0 Å². The lowest BCUT2D eigenvalue weighted by Gasteiger charge is -2.09. The molecule has 0 atom stereocenters. The number of aromatic nitrogens is 1. The Hall–Kier alpha value is -3.33. The lowest BCUT2D eigenvalue weighted by molar-refractivity contribution is -0.384. The van der Waals surface area contributed by atoms with Gasteiger partial charge in [-0.1, -0.05) is 6.07 Å². The van der Waals surface area contributed by atoms with E-state index in [1.807, 2.05) is 5.38 Å². The predicted molar refractivity (Wildman–Crippen MR) is 93.9 cm³/mol. The zero-order valence-corrected chi connectivity index (χ0v) is 14.0. The van der Waals surface area contributed by atoms with Crippen molar-refractivity contribution in [3.63, 3.8) is 0 Å². The van der Waals surface area contributed by atoms with Crippen molar-refractivity contribution < 1.29 is 18.8 Å². The summed E-state index contributed by atoms with van der Waals surface area (Å²) in [6.45, 7) is 0.258. The van der Waals surface area contributed by atoms with Crippen LogP contribution in [0, 0.1) is 15.9 Å². The largest absolute Gasteiger partial charge is 0.487 e. The molecule has 3 rings (SSSR count). The van der Waals surface area contributed by atoms with Crippen LogP contribution in [-0.4, -0.2) is 15.8 Å². The molecular formula is C17H12FN3O4S. The number of hydrogen-bond donors (Lipinski definition) is 1. The topological polar surface area (TPSA) is 94.4 Å². The number of anilines is 1. The van der Waals surface area contributed by atoms with E-state index in [0.717, 1.165) is 23.9 Å². The minimum absolute atomic E-state index is 0.228. The average Bonchev–Trinajstić information content (AvgIpc) is 3.15. The van der Waals surface area contributed by atoms with Gasteiger partial charge in [-0.3, -0.25) is 14.9 Å². The minimum Gasteiger partial charge on any atom is -0.487 e. The Morgan fingerprint density at radius 1 is 1.31 bits per heavy atom. The summed E-state index contributed by atoms with van der Waals surface area (Å²) in [7, 11) is 0. The van der Waals surface area contributed by atoms with Gasteiger partial charge in [0, 0.05) is 23.1 Å². The van der Waals surface area contributed by atoms with Crippen LogP contribution < -0.4 is 10.1 Å². The summed E-state index contributed by atoms with van der Waals surface area (Å²) in [6.07, 6.45) is 0. The maximum atomic E-state index is 13.8. The fraction of sp³-hybridized carbons (Fsp3) is 0.0588. The third-order valence-corrected chi connectivity index (χ3v) is 4.01. The van der Waals surface area contributed by atoms with Gasteiger partial charge in [-0.2, -0.15) is 0 Å². The molecular weight excluding hydrogens is 361 g/mol. The number of rotatable bonds is 6. The van der Waals surface area contributed by atoms with Gasteiger partial charge in [0.1, 0.15) is 18.2 Å². The number of nitro groups is 1. The number of ether oxygens (including phenoxy) is 1. The summed E-state index contributed by atoms with van der Waals surface area (Å²) in [5, 5.41) is 15.0. The Balaban J connectivity index is 1.73. The van der Waals surface area contributed by atoms with Gasteiger partial charge < -0.3 is 10.1 Å². The van der Waals surface area contributed by atoms with Crippen molar-refractivity contribution in [3.8, 4) is 5.75 Å². The normalized spacial score (nSPS) is 10.3. The maximum Gasteiger partial charge on any atom is 0.271 e. The van der Waals surface area contributed by atoms with Gasteiger partial charge >= 0.3 is 0 Å². The smallest absolute Gasteiger partial charge is 0.271 e. The SMILES string of the molecule is O=C(Nc1cc([N+](=O)[O-])ccc1F)c1cccc(OCc2cscn2)c1. The molecule has 0 aliphatic carbocycles. The zero-order chi connectivity index (χ0) is 18.5. The second-order valence-corrected chi connectivity index (χ2v) is 5.89. The van der Waals surface area contributed by atoms with Gasteiger partial charge in [-0.15, -0.1) is 11.3 Å². The molecule has 1 heterocycles. The molecule has 0 radical (unpaired) electrons. The molecule has 0 saturated carbocycles. The maximum absolute atomic E-state index is 13.8. The summed E-state index contributed by atoms with van der Waals surface area (Å²) in [5.74, 6) is -0.923. The first-order chi connectivity index (χ1) is 12.5. The van der Waals surface area contributed by atoms with Crippen molar-refractivity contribution in [3.05, 3.63) is 80.5 Å². The number of carbonyl (C=O) groups excluding carboxylic acids is 1. The van der Waals surface area contributed by atoms with Crippen LogP contribution in [0.4, 0.5) is 15.8 Å². The second kappa shape index (κ2) is 7.70. The van der Waals surface area contributed by atoms with Crippen LogP contribution in [0.15, 0.2) is 53.4 Å². The fourth-order valence-corrected chi connectivity index (χ4v) is 2.65. The molecule has 1 N–H and O–H groups in total. The highest BCUT2D eigenvalue weighted by Crippen LogP contribution is 2.22. The molecule has 0 bridgehead atoms.